The van der Waals surface area contributed by atoms with Crippen molar-refractivity contribution in [2.75, 3.05) is 19.6 Å². The molecule has 1 fully saturated rings. The number of rotatable bonds is 5. The van der Waals surface area contributed by atoms with Gasteiger partial charge in [0.25, 0.3) is 0 Å². The summed E-state index contributed by atoms with van der Waals surface area (Å²) in [5.74, 6) is 0.408. The van der Waals surface area contributed by atoms with E-state index in [4.69, 9.17) is 0 Å². The van der Waals surface area contributed by atoms with E-state index in [0.717, 1.165) is 25.6 Å². The fourth-order valence-electron chi connectivity index (χ4n) is 2.50. The van der Waals surface area contributed by atoms with Crippen LogP contribution in [0, 0.1) is 12.8 Å². The van der Waals surface area contributed by atoms with E-state index in [1.807, 2.05) is 0 Å². The average Bonchev–Trinajstić information content (AvgIpc) is 2.90. The molecule has 1 aromatic carbocycles. The van der Waals surface area contributed by atoms with Gasteiger partial charge in [-0.15, -0.1) is 12.4 Å². The Kier molecular flexibility index (Phi) is 6.88. The van der Waals surface area contributed by atoms with Crippen molar-refractivity contribution < 1.29 is 21.6 Å². The molecule has 0 spiro atoms. The minimum absolute atomic E-state index is 0. The number of nitrogens with one attached hydrogen (secondary N) is 2. The predicted octanol–water partition coefficient (Wildman–Crippen LogP) is 2.71. The Bertz CT molecular complexity index is 629. The second kappa shape index (κ2) is 7.83. The van der Waals surface area contributed by atoms with Crippen LogP contribution in [0.4, 0.5) is 13.2 Å². The third-order valence-corrected chi connectivity index (χ3v) is 5.42. The molecule has 2 rings (SSSR count). The van der Waals surface area contributed by atoms with Crippen molar-refractivity contribution in [3.8, 4) is 0 Å². The molecule has 4 nitrogen and oxygen atoms in total. The lowest BCUT2D eigenvalue weighted by atomic mass is 10.1. The topological polar surface area (TPSA) is 58.2 Å². The van der Waals surface area contributed by atoms with E-state index in [0.29, 0.717) is 24.0 Å². The van der Waals surface area contributed by atoms with Crippen molar-refractivity contribution in [2.45, 2.75) is 30.8 Å². The van der Waals surface area contributed by atoms with Crippen LogP contribution in [0.15, 0.2) is 23.1 Å². The SMILES string of the molecule is Cc1ccc(C(F)(F)F)cc1S(=O)(=O)NCCC1CCNC1.Cl. The summed E-state index contributed by atoms with van der Waals surface area (Å²) in [7, 11) is -3.94. The van der Waals surface area contributed by atoms with E-state index in [9.17, 15) is 21.6 Å². The third-order valence-electron chi connectivity index (χ3n) is 3.81. The van der Waals surface area contributed by atoms with Crippen LogP contribution in [0.2, 0.25) is 0 Å². The first-order valence-electron chi connectivity index (χ1n) is 7.08. The summed E-state index contributed by atoms with van der Waals surface area (Å²) in [6.07, 6.45) is -2.90. The maximum Gasteiger partial charge on any atom is 0.416 e. The molecule has 0 saturated carbocycles. The van der Waals surface area contributed by atoms with Crippen molar-refractivity contribution in [2.24, 2.45) is 5.92 Å². The van der Waals surface area contributed by atoms with Crippen molar-refractivity contribution >= 4 is 22.4 Å². The van der Waals surface area contributed by atoms with Gasteiger partial charge in [0.1, 0.15) is 0 Å². The fraction of sp³-hybridized carbons (Fsp3) is 0.571. The van der Waals surface area contributed by atoms with E-state index < -0.39 is 21.8 Å². The van der Waals surface area contributed by atoms with Crippen LogP contribution in [0.1, 0.15) is 24.0 Å². The van der Waals surface area contributed by atoms with Gasteiger partial charge >= 0.3 is 6.18 Å². The average molecular weight is 373 g/mol. The lowest BCUT2D eigenvalue weighted by molar-refractivity contribution is -0.137. The van der Waals surface area contributed by atoms with Crippen LogP contribution in [0.3, 0.4) is 0 Å². The molecule has 23 heavy (non-hydrogen) atoms. The van der Waals surface area contributed by atoms with Gasteiger partial charge in [-0.1, -0.05) is 6.07 Å². The van der Waals surface area contributed by atoms with Crippen LogP contribution >= 0.6 is 12.4 Å². The summed E-state index contributed by atoms with van der Waals surface area (Å²) in [4.78, 5) is -0.313. The molecular formula is C14H20ClF3N2O2S. The first-order chi connectivity index (χ1) is 10.2. The number of hydrogen-bond donors (Lipinski definition) is 2. The normalized spacial score (nSPS) is 18.7. The highest BCUT2D eigenvalue weighted by molar-refractivity contribution is 7.89. The van der Waals surface area contributed by atoms with Gasteiger partial charge in [-0.2, -0.15) is 13.2 Å². The Balaban J connectivity index is 0.00000264. The second-order valence-corrected chi connectivity index (χ2v) is 7.26. The molecule has 2 N–H and O–H groups in total. The zero-order chi connectivity index (χ0) is 16.4. The molecule has 1 heterocycles. The summed E-state index contributed by atoms with van der Waals surface area (Å²) in [6.45, 7) is 3.48. The standard InChI is InChI=1S/C14H19F3N2O2S.ClH/c1-10-2-3-12(14(15,16)17)8-13(10)22(20,21)19-7-5-11-4-6-18-9-11;/h2-3,8,11,18-19H,4-7,9H2,1H3;1H. The van der Waals surface area contributed by atoms with Crippen LogP contribution in [0.5, 0.6) is 0 Å². The zero-order valence-electron chi connectivity index (χ0n) is 12.6. The molecule has 0 bridgehead atoms. The molecular weight excluding hydrogens is 353 g/mol. The maximum absolute atomic E-state index is 12.7. The Hall–Kier alpha value is -0.830. The van der Waals surface area contributed by atoms with E-state index in [1.165, 1.54) is 13.0 Å². The van der Waals surface area contributed by atoms with Gasteiger partial charge in [0.15, 0.2) is 0 Å². The summed E-state index contributed by atoms with van der Waals surface area (Å²) >= 11 is 0. The maximum atomic E-state index is 12.7. The van der Waals surface area contributed by atoms with Crippen molar-refractivity contribution in [1.29, 1.82) is 0 Å². The lowest BCUT2D eigenvalue weighted by Crippen LogP contribution is -2.27. The van der Waals surface area contributed by atoms with E-state index in [1.54, 1.807) is 0 Å². The monoisotopic (exact) mass is 372 g/mol. The number of hydrogen-bond acceptors (Lipinski definition) is 3. The molecule has 132 valence electrons. The Labute approximate surface area is 140 Å². The van der Waals surface area contributed by atoms with Crippen LogP contribution < -0.4 is 10.0 Å². The quantitative estimate of drug-likeness (QED) is 0.835. The van der Waals surface area contributed by atoms with Crippen molar-refractivity contribution in [1.82, 2.24) is 10.0 Å². The van der Waals surface area contributed by atoms with Gasteiger partial charge < -0.3 is 5.32 Å². The van der Waals surface area contributed by atoms with Gasteiger partial charge in [0.2, 0.25) is 10.0 Å². The predicted molar refractivity (Wildman–Crippen MR) is 84.2 cm³/mol. The van der Waals surface area contributed by atoms with Gasteiger partial charge in [0, 0.05) is 6.54 Å². The first-order valence-corrected chi connectivity index (χ1v) is 8.57. The Morgan fingerprint density at radius 3 is 2.61 bits per heavy atom. The van der Waals surface area contributed by atoms with Crippen LogP contribution in [-0.4, -0.2) is 28.1 Å². The molecule has 1 saturated heterocycles. The highest BCUT2D eigenvalue weighted by atomic mass is 35.5. The Morgan fingerprint density at radius 2 is 2.04 bits per heavy atom. The molecule has 1 aliphatic heterocycles. The molecule has 1 atom stereocenters. The largest absolute Gasteiger partial charge is 0.416 e. The molecule has 9 heteroatoms. The Morgan fingerprint density at radius 1 is 1.35 bits per heavy atom. The molecule has 1 unspecified atom stereocenters. The van der Waals surface area contributed by atoms with Gasteiger partial charge in [-0.25, -0.2) is 13.1 Å². The van der Waals surface area contributed by atoms with E-state index in [-0.39, 0.29) is 23.8 Å². The zero-order valence-corrected chi connectivity index (χ0v) is 14.2. The van der Waals surface area contributed by atoms with Crippen molar-refractivity contribution in [3.05, 3.63) is 29.3 Å². The minimum Gasteiger partial charge on any atom is -0.316 e. The smallest absolute Gasteiger partial charge is 0.316 e. The summed E-state index contributed by atoms with van der Waals surface area (Å²) in [5, 5.41) is 3.18. The highest BCUT2D eigenvalue weighted by Gasteiger charge is 2.32. The number of halogens is 4. The van der Waals surface area contributed by atoms with E-state index >= 15 is 0 Å². The number of benzene rings is 1. The van der Waals surface area contributed by atoms with Gasteiger partial charge in [-0.05, 0) is 56.5 Å². The molecule has 0 aliphatic carbocycles. The fourth-order valence-corrected chi connectivity index (χ4v) is 3.82. The molecule has 0 radical (unpaired) electrons. The number of sulfonamides is 1. The third kappa shape index (κ3) is 5.34. The molecule has 0 amide bonds. The van der Waals surface area contributed by atoms with Crippen molar-refractivity contribution in [3.63, 3.8) is 0 Å². The molecule has 0 aromatic heterocycles. The van der Waals surface area contributed by atoms with Crippen LogP contribution in [0.25, 0.3) is 0 Å². The molecule has 1 aliphatic rings. The first kappa shape index (κ1) is 20.2. The van der Waals surface area contributed by atoms with Gasteiger partial charge in [-0.3, -0.25) is 0 Å². The highest BCUT2D eigenvalue weighted by Crippen LogP contribution is 2.31. The van der Waals surface area contributed by atoms with E-state index in [2.05, 4.69) is 10.0 Å². The second-order valence-electron chi connectivity index (χ2n) is 5.52. The number of aryl methyl sites for hydroxylation is 1. The lowest BCUT2D eigenvalue weighted by Gasteiger charge is -2.14. The summed E-state index contributed by atoms with van der Waals surface area (Å²) in [5.41, 5.74) is -0.665. The number of alkyl halides is 3. The molecule has 1 aromatic rings. The summed E-state index contributed by atoms with van der Waals surface area (Å²) in [6, 6.07) is 2.76. The summed E-state index contributed by atoms with van der Waals surface area (Å²) < 4.78 is 65.0. The minimum atomic E-state index is -4.56. The van der Waals surface area contributed by atoms with Crippen LogP contribution in [-0.2, 0) is 16.2 Å². The van der Waals surface area contributed by atoms with Gasteiger partial charge in [0.05, 0.1) is 10.5 Å².